The topological polar surface area (TPSA) is 105 Å². The van der Waals surface area contributed by atoms with E-state index in [4.69, 9.17) is 18.9 Å². The number of esters is 4. The van der Waals surface area contributed by atoms with Crippen molar-refractivity contribution >= 4 is 23.9 Å². The fourth-order valence-corrected chi connectivity index (χ4v) is 4.55. The minimum absolute atomic E-state index is 0.314. The van der Waals surface area contributed by atoms with Crippen LogP contribution in [0.25, 0.3) is 0 Å². The van der Waals surface area contributed by atoms with Crippen molar-refractivity contribution in [3.8, 4) is 0 Å². The third kappa shape index (κ3) is 9.37. The monoisotopic (exact) mass is 608 g/mol. The number of rotatable bonds is 12. The van der Waals surface area contributed by atoms with Gasteiger partial charge in [-0.2, -0.15) is 0 Å². The van der Waals surface area contributed by atoms with Gasteiger partial charge in [-0.1, -0.05) is 70.8 Å². The van der Waals surface area contributed by atoms with Crippen molar-refractivity contribution < 1.29 is 38.1 Å². The van der Waals surface area contributed by atoms with Crippen LogP contribution in [0, 0.1) is 33.1 Å². The number of ether oxygens (including phenoxy) is 4. The molecular weight excluding hydrogens is 572 g/mol. The first-order valence-corrected chi connectivity index (χ1v) is 14.5. The summed E-state index contributed by atoms with van der Waals surface area (Å²) in [6, 6.07) is 27.5. The predicted molar refractivity (Wildman–Crippen MR) is 168 cm³/mol. The Kier molecular flexibility index (Phi) is 10.9. The fourth-order valence-electron chi connectivity index (χ4n) is 4.55. The summed E-state index contributed by atoms with van der Waals surface area (Å²) in [6.45, 7) is 5.85. The number of hydrogen-bond donors (Lipinski definition) is 0. The SMILES string of the molecule is Cc1cccc(C(=O)OCC(COC(=O)c2cccc(C)c2)(COC(=O)c2cccc(C)c2)COC(=O)c2cccc(C)c2)c1. The van der Waals surface area contributed by atoms with E-state index in [2.05, 4.69) is 0 Å². The molecule has 0 bridgehead atoms. The normalized spacial score (nSPS) is 10.9. The lowest BCUT2D eigenvalue weighted by atomic mass is 9.92. The van der Waals surface area contributed by atoms with E-state index in [1.807, 2.05) is 52.0 Å². The highest BCUT2D eigenvalue weighted by atomic mass is 16.6. The Morgan fingerprint density at radius 1 is 0.422 bits per heavy atom. The zero-order chi connectivity index (χ0) is 32.4. The molecule has 0 saturated carbocycles. The fraction of sp³-hybridized carbons (Fsp3) is 0.243. The van der Waals surface area contributed by atoms with Crippen molar-refractivity contribution in [1.82, 2.24) is 0 Å². The van der Waals surface area contributed by atoms with Crippen LogP contribution in [0.2, 0.25) is 0 Å². The summed E-state index contributed by atoms with van der Waals surface area (Å²) in [6.07, 6.45) is 0. The molecule has 4 aromatic carbocycles. The van der Waals surface area contributed by atoms with Gasteiger partial charge in [-0.15, -0.1) is 0 Å². The van der Waals surface area contributed by atoms with Crippen molar-refractivity contribution in [3.63, 3.8) is 0 Å². The first-order chi connectivity index (χ1) is 21.5. The number of carbonyl (C=O) groups is 4. The van der Waals surface area contributed by atoms with E-state index in [0.717, 1.165) is 22.3 Å². The Bertz CT molecular complexity index is 1440. The van der Waals surface area contributed by atoms with Gasteiger partial charge in [0.1, 0.15) is 31.8 Å². The molecule has 0 spiro atoms. The molecule has 0 fully saturated rings. The highest BCUT2D eigenvalue weighted by molar-refractivity contribution is 5.91. The minimum Gasteiger partial charge on any atom is -0.461 e. The van der Waals surface area contributed by atoms with Crippen LogP contribution in [-0.2, 0) is 18.9 Å². The van der Waals surface area contributed by atoms with Gasteiger partial charge in [-0.25, -0.2) is 19.2 Å². The molecule has 4 aromatic rings. The zero-order valence-electron chi connectivity index (χ0n) is 25.8. The van der Waals surface area contributed by atoms with Crippen LogP contribution in [0.4, 0.5) is 0 Å². The second-order valence-electron chi connectivity index (χ2n) is 11.3. The predicted octanol–water partition coefficient (Wildman–Crippen LogP) is 6.63. The number of benzene rings is 4. The summed E-state index contributed by atoms with van der Waals surface area (Å²) in [5.74, 6) is -2.54. The van der Waals surface area contributed by atoms with Gasteiger partial charge < -0.3 is 18.9 Å². The Labute approximate surface area is 262 Å². The Balaban J connectivity index is 1.63. The molecule has 0 amide bonds. The van der Waals surface area contributed by atoms with E-state index in [0.29, 0.717) is 22.3 Å². The average molecular weight is 609 g/mol. The molecule has 0 radical (unpaired) electrons. The van der Waals surface area contributed by atoms with Crippen molar-refractivity contribution in [2.75, 3.05) is 26.4 Å². The maximum atomic E-state index is 13.1. The molecule has 0 aromatic heterocycles. The van der Waals surface area contributed by atoms with Crippen LogP contribution in [0.3, 0.4) is 0 Å². The molecule has 0 saturated heterocycles. The average Bonchev–Trinajstić information content (AvgIpc) is 3.03. The second-order valence-corrected chi connectivity index (χ2v) is 11.3. The van der Waals surface area contributed by atoms with Gasteiger partial charge >= 0.3 is 23.9 Å². The maximum Gasteiger partial charge on any atom is 0.338 e. The standard InChI is InChI=1S/C37H36O8/c1-25-9-5-13-29(17-25)33(38)42-21-37(22-43-34(39)30-14-6-10-26(2)18-30,23-44-35(40)31-15-7-11-27(3)19-31)24-45-36(41)32-16-8-12-28(4)20-32/h5-20H,21-24H2,1-4H3. The Morgan fingerprint density at radius 3 is 0.844 bits per heavy atom. The third-order valence-electron chi connectivity index (χ3n) is 7.05. The zero-order valence-corrected chi connectivity index (χ0v) is 25.8. The Hall–Kier alpha value is -5.24. The smallest absolute Gasteiger partial charge is 0.338 e. The number of carbonyl (C=O) groups excluding carboxylic acids is 4. The molecule has 4 rings (SSSR count). The van der Waals surface area contributed by atoms with Gasteiger partial charge in [-0.05, 0) is 76.2 Å². The van der Waals surface area contributed by atoms with Gasteiger partial charge in [-0.3, -0.25) is 0 Å². The molecule has 0 aliphatic rings. The highest BCUT2D eigenvalue weighted by Crippen LogP contribution is 2.24. The molecule has 8 heteroatoms. The largest absolute Gasteiger partial charge is 0.461 e. The molecule has 0 atom stereocenters. The van der Waals surface area contributed by atoms with Crippen molar-refractivity contribution in [2.45, 2.75) is 27.7 Å². The van der Waals surface area contributed by atoms with E-state index < -0.39 is 29.3 Å². The van der Waals surface area contributed by atoms with Gasteiger partial charge in [0.15, 0.2) is 0 Å². The highest BCUT2D eigenvalue weighted by Gasteiger charge is 2.38. The minimum atomic E-state index is -1.45. The van der Waals surface area contributed by atoms with Gasteiger partial charge in [0.05, 0.1) is 22.3 Å². The van der Waals surface area contributed by atoms with Crippen molar-refractivity contribution in [2.24, 2.45) is 5.41 Å². The van der Waals surface area contributed by atoms with Crippen LogP contribution in [0.5, 0.6) is 0 Å². The van der Waals surface area contributed by atoms with Crippen molar-refractivity contribution in [3.05, 3.63) is 142 Å². The molecule has 0 N–H and O–H groups in total. The Morgan fingerprint density at radius 2 is 0.644 bits per heavy atom. The van der Waals surface area contributed by atoms with Gasteiger partial charge in [0, 0.05) is 0 Å². The molecule has 0 heterocycles. The summed E-state index contributed by atoms with van der Waals surface area (Å²) >= 11 is 0. The van der Waals surface area contributed by atoms with Crippen molar-refractivity contribution in [1.29, 1.82) is 0 Å². The molecule has 8 nitrogen and oxygen atoms in total. The lowest BCUT2D eigenvalue weighted by molar-refractivity contribution is -0.0642. The molecule has 232 valence electrons. The number of hydrogen-bond acceptors (Lipinski definition) is 8. The van der Waals surface area contributed by atoms with Gasteiger partial charge in [0.25, 0.3) is 0 Å². The molecule has 0 aliphatic heterocycles. The van der Waals surface area contributed by atoms with Crippen LogP contribution >= 0.6 is 0 Å². The van der Waals surface area contributed by atoms with E-state index in [1.165, 1.54) is 0 Å². The lowest BCUT2D eigenvalue weighted by Gasteiger charge is -2.31. The maximum absolute atomic E-state index is 13.1. The molecule has 0 unspecified atom stereocenters. The van der Waals surface area contributed by atoms with E-state index >= 15 is 0 Å². The van der Waals surface area contributed by atoms with Crippen LogP contribution in [-0.4, -0.2) is 50.3 Å². The summed E-state index contributed by atoms with van der Waals surface area (Å²) in [5.41, 5.74) is 3.26. The molecule has 0 aliphatic carbocycles. The first-order valence-electron chi connectivity index (χ1n) is 14.5. The molecular formula is C37H36O8. The summed E-state index contributed by atoms with van der Waals surface area (Å²) in [5, 5.41) is 0. The quantitative estimate of drug-likeness (QED) is 0.130. The third-order valence-corrected chi connectivity index (χ3v) is 7.05. The second kappa shape index (κ2) is 15.0. The molecule has 45 heavy (non-hydrogen) atoms. The summed E-state index contributed by atoms with van der Waals surface area (Å²) in [4.78, 5) is 52.4. The number of aryl methyl sites for hydroxylation is 4. The summed E-state index contributed by atoms with van der Waals surface area (Å²) in [7, 11) is 0. The van der Waals surface area contributed by atoms with Crippen LogP contribution in [0.15, 0.2) is 97.1 Å². The van der Waals surface area contributed by atoms with Gasteiger partial charge in [0.2, 0.25) is 0 Å². The van der Waals surface area contributed by atoms with E-state index in [-0.39, 0.29) is 26.4 Å². The first kappa shape index (κ1) is 32.7. The summed E-state index contributed by atoms with van der Waals surface area (Å²) < 4.78 is 22.8. The van der Waals surface area contributed by atoms with E-state index in [1.54, 1.807) is 72.8 Å². The lowest BCUT2D eigenvalue weighted by Crippen LogP contribution is -2.44. The van der Waals surface area contributed by atoms with Crippen LogP contribution in [0.1, 0.15) is 63.7 Å². The van der Waals surface area contributed by atoms with Crippen LogP contribution < -0.4 is 0 Å². The van der Waals surface area contributed by atoms with E-state index in [9.17, 15) is 19.2 Å².